The van der Waals surface area contributed by atoms with Crippen LogP contribution >= 0.6 is 0 Å². The lowest BCUT2D eigenvalue weighted by atomic mass is 10.0. The summed E-state index contributed by atoms with van der Waals surface area (Å²) in [7, 11) is 0. The fraction of sp³-hybridized carbons (Fsp3) is 0.400. The molecule has 1 aromatic carbocycles. The topological polar surface area (TPSA) is 117 Å². The normalized spacial score (nSPS) is 18.1. The van der Waals surface area contributed by atoms with E-state index in [-0.39, 0.29) is 12.3 Å². The minimum Gasteiger partial charge on any atom is -0.354 e. The highest BCUT2D eigenvalue weighted by Gasteiger charge is 2.29. The van der Waals surface area contributed by atoms with E-state index in [1.807, 2.05) is 18.2 Å². The van der Waals surface area contributed by atoms with E-state index in [1.54, 1.807) is 34.6 Å². The second-order valence-electron chi connectivity index (χ2n) is 8.72. The number of benzene rings is 1. The van der Waals surface area contributed by atoms with E-state index in [2.05, 4.69) is 27.5 Å². The van der Waals surface area contributed by atoms with Crippen LogP contribution in [0.1, 0.15) is 43.7 Å². The van der Waals surface area contributed by atoms with Crippen molar-refractivity contribution in [3.8, 4) is 0 Å². The van der Waals surface area contributed by atoms with Crippen LogP contribution in [0.3, 0.4) is 0 Å². The van der Waals surface area contributed by atoms with Gasteiger partial charge in [-0.05, 0) is 36.6 Å². The third kappa shape index (κ3) is 5.48. The van der Waals surface area contributed by atoms with E-state index in [4.69, 9.17) is 5.21 Å². The first-order valence-corrected chi connectivity index (χ1v) is 11.8. The van der Waals surface area contributed by atoms with Crippen LogP contribution in [-0.2, 0) is 27.3 Å². The minimum absolute atomic E-state index is 0.248. The van der Waals surface area contributed by atoms with E-state index >= 15 is 0 Å². The van der Waals surface area contributed by atoms with Crippen LogP contribution in [-0.4, -0.2) is 44.6 Å². The van der Waals surface area contributed by atoms with Crippen LogP contribution in [0, 0.1) is 0 Å². The molecule has 3 amide bonds. The van der Waals surface area contributed by atoms with E-state index < -0.39 is 23.9 Å². The first-order valence-electron chi connectivity index (χ1n) is 11.8. The van der Waals surface area contributed by atoms with Crippen molar-refractivity contribution >= 4 is 28.6 Å². The molecule has 3 heterocycles. The molecule has 4 N–H and O–H groups in total. The second kappa shape index (κ2) is 11.0. The summed E-state index contributed by atoms with van der Waals surface area (Å²) >= 11 is 0. The zero-order valence-electron chi connectivity index (χ0n) is 19.1. The largest absolute Gasteiger partial charge is 0.354 e. The average Bonchev–Trinajstić information content (AvgIpc) is 3.49. The highest BCUT2D eigenvalue weighted by molar-refractivity contribution is 5.92. The van der Waals surface area contributed by atoms with Crippen LogP contribution in [0.25, 0.3) is 10.9 Å². The number of aryl methyl sites for hydroxylation is 1. The fourth-order valence-corrected chi connectivity index (χ4v) is 4.57. The van der Waals surface area contributed by atoms with E-state index in [9.17, 15) is 14.4 Å². The molecule has 9 heteroatoms. The quantitative estimate of drug-likeness (QED) is 0.342. The van der Waals surface area contributed by atoms with Crippen molar-refractivity contribution in [3.63, 3.8) is 0 Å². The van der Waals surface area contributed by atoms with Crippen LogP contribution < -0.4 is 16.1 Å². The molecule has 9 nitrogen and oxygen atoms in total. The Morgan fingerprint density at radius 1 is 1.09 bits per heavy atom. The molecular weight excluding hydrogens is 434 g/mol. The second-order valence-corrected chi connectivity index (χ2v) is 8.72. The Hall–Kier alpha value is -3.59. The molecule has 0 fully saturated rings. The summed E-state index contributed by atoms with van der Waals surface area (Å²) in [5.41, 5.74) is 3.69. The summed E-state index contributed by atoms with van der Waals surface area (Å²) in [6, 6.07) is 9.89. The third-order valence-electron chi connectivity index (χ3n) is 6.35. The predicted octanol–water partition coefficient (Wildman–Crippen LogP) is 2.30. The molecule has 1 aliphatic rings. The standard InChI is InChI=1S/C25H31N5O4/c31-23(28-34)16-22(29-12-7-8-13-29)25(33)27-20-15-18-17-30(21-10-4-3-9-19(18)21)14-6-2-1-5-11-26-24(20)32/h3-4,7-10,12-13,17,20,22,34H,1-2,5-6,11,14-16H2,(H,26,32)(H,27,33)(H,28,31)/t20-,22+/m0/s1. The lowest BCUT2D eigenvalue weighted by Gasteiger charge is -2.23. The molecule has 0 radical (unpaired) electrons. The Morgan fingerprint density at radius 2 is 1.85 bits per heavy atom. The molecule has 0 aliphatic carbocycles. The van der Waals surface area contributed by atoms with Gasteiger partial charge >= 0.3 is 0 Å². The number of carbonyl (C=O) groups excluding carboxylic acids is 3. The Balaban J connectivity index is 1.63. The number of rotatable bonds is 5. The maximum absolute atomic E-state index is 13.3. The summed E-state index contributed by atoms with van der Waals surface area (Å²) in [5.74, 6) is -1.40. The monoisotopic (exact) mass is 465 g/mol. The van der Waals surface area contributed by atoms with Crippen molar-refractivity contribution < 1.29 is 19.6 Å². The third-order valence-corrected chi connectivity index (χ3v) is 6.35. The van der Waals surface area contributed by atoms with Crippen LogP contribution in [0.4, 0.5) is 0 Å². The van der Waals surface area contributed by atoms with Gasteiger partial charge in [-0.15, -0.1) is 0 Å². The number of carbonyl (C=O) groups is 3. The smallest absolute Gasteiger partial charge is 0.245 e. The van der Waals surface area contributed by atoms with Gasteiger partial charge in [-0.3, -0.25) is 19.6 Å². The molecule has 0 saturated carbocycles. The maximum Gasteiger partial charge on any atom is 0.245 e. The highest BCUT2D eigenvalue weighted by Crippen LogP contribution is 2.24. The first-order chi connectivity index (χ1) is 16.6. The molecule has 4 rings (SSSR count). The van der Waals surface area contributed by atoms with Crippen molar-refractivity contribution in [2.24, 2.45) is 0 Å². The number of nitrogens with one attached hydrogen (secondary N) is 3. The minimum atomic E-state index is -0.902. The zero-order chi connectivity index (χ0) is 23.9. The molecule has 180 valence electrons. The average molecular weight is 466 g/mol. The molecule has 3 aromatic rings. The first kappa shape index (κ1) is 23.6. The van der Waals surface area contributed by atoms with Gasteiger partial charge in [0.1, 0.15) is 12.1 Å². The number of para-hydroxylation sites is 1. The number of aromatic nitrogens is 2. The highest BCUT2D eigenvalue weighted by atomic mass is 16.5. The number of hydrogen-bond acceptors (Lipinski definition) is 4. The molecule has 2 atom stereocenters. The Bertz CT molecular complexity index is 1140. The van der Waals surface area contributed by atoms with E-state index in [0.717, 1.165) is 48.7 Å². The Morgan fingerprint density at radius 3 is 2.65 bits per heavy atom. The lowest BCUT2D eigenvalue weighted by molar-refractivity contribution is -0.135. The van der Waals surface area contributed by atoms with Gasteiger partial charge in [0, 0.05) is 49.0 Å². The summed E-state index contributed by atoms with van der Waals surface area (Å²) in [5, 5.41) is 15.9. The van der Waals surface area contributed by atoms with E-state index in [1.165, 1.54) is 0 Å². The SMILES string of the molecule is O=C(C[C@H](C(=O)N[C@H]1Cc2cn(c3ccccc23)CCCCCCNC1=O)n1cccc1)NO. The van der Waals surface area contributed by atoms with Crippen molar-refractivity contribution in [3.05, 3.63) is 60.6 Å². The Kier molecular flexibility index (Phi) is 7.64. The van der Waals surface area contributed by atoms with Crippen LogP contribution in [0.5, 0.6) is 0 Å². The van der Waals surface area contributed by atoms with Crippen molar-refractivity contribution in [1.29, 1.82) is 0 Å². The van der Waals surface area contributed by atoms with Gasteiger partial charge in [0.2, 0.25) is 17.7 Å². The Labute approximate surface area is 198 Å². The summed E-state index contributed by atoms with van der Waals surface area (Å²) < 4.78 is 3.82. The molecule has 0 unspecified atom stereocenters. The number of fused-ring (bicyclic) bond motifs is 5. The number of hydrogen-bond donors (Lipinski definition) is 4. The number of hydroxylamine groups is 1. The maximum atomic E-state index is 13.3. The molecular formula is C25H31N5O4. The fourth-order valence-electron chi connectivity index (χ4n) is 4.57. The van der Waals surface area contributed by atoms with Gasteiger partial charge in [-0.25, -0.2) is 5.48 Å². The lowest BCUT2D eigenvalue weighted by Crippen LogP contribution is -2.50. The van der Waals surface area contributed by atoms with Gasteiger partial charge in [0.05, 0.1) is 6.42 Å². The summed E-state index contributed by atoms with van der Waals surface area (Å²) in [6.45, 7) is 1.46. The number of nitrogens with zero attached hydrogens (tertiary/aromatic N) is 2. The van der Waals surface area contributed by atoms with Crippen molar-refractivity contribution in [2.45, 2.75) is 57.2 Å². The van der Waals surface area contributed by atoms with Gasteiger partial charge in [-0.1, -0.05) is 31.0 Å². The van der Waals surface area contributed by atoms with Crippen molar-refractivity contribution in [1.82, 2.24) is 25.2 Å². The molecule has 2 aromatic heterocycles. The van der Waals surface area contributed by atoms with Gasteiger partial charge in [0.15, 0.2) is 0 Å². The van der Waals surface area contributed by atoms with Gasteiger partial charge in [0.25, 0.3) is 0 Å². The predicted molar refractivity (Wildman–Crippen MR) is 127 cm³/mol. The molecule has 2 bridgehead atoms. The number of amides is 3. The van der Waals surface area contributed by atoms with E-state index in [0.29, 0.717) is 13.0 Å². The van der Waals surface area contributed by atoms with Gasteiger partial charge in [-0.2, -0.15) is 0 Å². The van der Waals surface area contributed by atoms with Crippen LogP contribution in [0.2, 0.25) is 0 Å². The molecule has 0 spiro atoms. The summed E-state index contributed by atoms with van der Waals surface area (Å²) in [4.78, 5) is 38.3. The zero-order valence-corrected chi connectivity index (χ0v) is 19.1. The molecule has 0 saturated heterocycles. The molecule has 1 aliphatic heterocycles. The van der Waals surface area contributed by atoms with Gasteiger partial charge < -0.3 is 19.8 Å². The molecule has 34 heavy (non-hydrogen) atoms. The summed E-state index contributed by atoms with van der Waals surface area (Å²) in [6.07, 6.45) is 9.56. The van der Waals surface area contributed by atoms with Crippen molar-refractivity contribution in [2.75, 3.05) is 6.54 Å². The van der Waals surface area contributed by atoms with Crippen LogP contribution in [0.15, 0.2) is 55.0 Å².